The van der Waals surface area contributed by atoms with E-state index in [0.29, 0.717) is 19.8 Å². The van der Waals surface area contributed by atoms with Crippen molar-refractivity contribution in [3.8, 4) is 0 Å². The van der Waals surface area contributed by atoms with Crippen LogP contribution in [0.3, 0.4) is 0 Å². The molecular weight excluding hydrogens is 210 g/mol. The number of aliphatic hydroxyl groups is 1. The van der Waals surface area contributed by atoms with E-state index < -0.39 is 6.10 Å². The van der Waals surface area contributed by atoms with Crippen LogP contribution in [0.25, 0.3) is 0 Å². The first kappa shape index (κ1) is 15.3. The third kappa shape index (κ3) is 8.64. The summed E-state index contributed by atoms with van der Waals surface area (Å²) in [5, 5.41) is 12.7. The van der Waals surface area contributed by atoms with Crippen LogP contribution >= 0.6 is 0 Å². The Morgan fingerprint density at radius 1 is 1.50 bits per heavy atom. The number of carbonyl (C=O) groups is 1. The monoisotopic (exact) mass is 233 g/mol. The van der Waals surface area contributed by atoms with Gasteiger partial charge in [0.2, 0.25) is 0 Å². The third-order valence-corrected chi connectivity index (χ3v) is 2.16. The minimum atomic E-state index is -0.691. The van der Waals surface area contributed by atoms with Crippen molar-refractivity contribution in [1.29, 1.82) is 0 Å². The lowest BCUT2D eigenvalue weighted by atomic mass is 10.2. The quantitative estimate of drug-likeness (QED) is 0.561. The Kier molecular flexibility index (Phi) is 9.18. The number of ether oxygens (including phenoxy) is 2. The molecule has 2 unspecified atom stereocenters. The van der Waals surface area contributed by atoms with Crippen LogP contribution < -0.4 is 5.32 Å². The fourth-order valence-electron chi connectivity index (χ4n) is 1.22. The number of aliphatic hydroxyl groups excluding tert-OH is 1. The van der Waals surface area contributed by atoms with Crippen LogP contribution in [0.4, 0.5) is 0 Å². The molecule has 0 amide bonds. The van der Waals surface area contributed by atoms with E-state index in [1.165, 1.54) is 0 Å². The number of hydrogen-bond donors (Lipinski definition) is 2. The average Bonchev–Trinajstić information content (AvgIpc) is 2.23. The maximum absolute atomic E-state index is 11.0. The van der Waals surface area contributed by atoms with Crippen LogP contribution in [0.2, 0.25) is 0 Å². The third-order valence-electron chi connectivity index (χ3n) is 2.16. The van der Waals surface area contributed by atoms with Gasteiger partial charge < -0.3 is 19.9 Å². The minimum absolute atomic E-state index is 0.0395. The molecular formula is C11H23NO4. The topological polar surface area (TPSA) is 67.8 Å². The Balaban J connectivity index is 3.55. The van der Waals surface area contributed by atoms with Crippen molar-refractivity contribution in [1.82, 2.24) is 5.32 Å². The molecule has 0 spiro atoms. The molecule has 0 rings (SSSR count). The van der Waals surface area contributed by atoms with Crippen molar-refractivity contribution in [3.05, 3.63) is 0 Å². The molecule has 0 saturated carbocycles. The molecule has 2 atom stereocenters. The summed E-state index contributed by atoms with van der Waals surface area (Å²) < 4.78 is 9.68. The Morgan fingerprint density at radius 3 is 2.75 bits per heavy atom. The summed E-state index contributed by atoms with van der Waals surface area (Å²) in [7, 11) is 1.66. The maximum Gasteiger partial charge on any atom is 0.308 e. The fraction of sp³-hybridized carbons (Fsp3) is 0.909. The average molecular weight is 233 g/mol. The summed E-state index contributed by atoms with van der Waals surface area (Å²) in [5.74, 6) is -0.360. The van der Waals surface area contributed by atoms with E-state index in [9.17, 15) is 9.90 Å². The zero-order chi connectivity index (χ0) is 12.4. The van der Waals surface area contributed by atoms with Crippen LogP contribution in [0.1, 0.15) is 26.7 Å². The molecule has 0 heterocycles. The van der Waals surface area contributed by atoms with E-state index in [1.54, 1.807) is 14.0 Å². The standard InChI is InChI=1S/C11H23NO4/c1-4-16-11(14)7-10(13)8-12-9(2)5-6-15-3/h9-10,12-13H,4-8H2,1-3H3. The van der Waals surface area contributed by atoms with Crippen LogP contribution in [-0.4, -0.2) is 50.1 Å². The van der Waals surface area contributed by atoms with Crippen LogP contribution in [0, 0.1) is 0 Å². The van der Waals surface area contributed by atoms with Gasteiger partial charge in [0.05, 0.1) is 19.1 Å². The first-order valence-corrected chi connectivity index (χ1v) is 5.66. The van der Waals surface area contributed by atoms with Crippen molar-refractivity contribution in [2.45, 2.75) is 38.8 Å². The summed E-state index contributed by atoms with van der Waals surface area (Å²) in [4.78, 5) is 11.0. The van der Waals surface area contributed by atoms with Crippen molar-refractivity contribution in [2.75, 3.05) is 26.9 Å². The lowest BCUT2D eigenvalue weighted by Crippen LogP contribution is -2.35. The molecule has 0 aliphatic heterocycles. The maximum atomic E-state index is 11.0. The largest absolute Gasteiger partial charge is 0.466 e. The zero-order valence-corrected chi connectivity index (χ0v) is 10.4. The van der Waals surface area contributed by atoms with Crippen molar-refractivity contribution < 1.29 is 19.4 Å². The normalized spacial score (nSPS) is 14.5. The van der Waals surface area contributed by atoms with Crippen molar-refractivity contribution in [2.24, 2.45) is 0 Å². The summed E-state index contributed by atoms with van der Waals surface area (Å²) in [5.41, 5.74) is 0. The fourth-order valence-corrected chi connectivity index (χ4v) is 1.22. The number of hydrogen-bond acceptors (Lipinski definition) is 5. The van der Waals surface area contributed by atoms with Gasteiger partial charge in [0, 0.05) is 26.3 Å². The zero-order valence-electron chi connectivity index (χ0n) is 10.4. The van der Waals surface area contributed by atoms with E-state index in [0.717, 1.165) is 6.42 Å². The highest BCUT2D eigenvalue weighted by atomic mass is 16.5. The van der Waals surface area contributed by atoms with Crippen molar-refractivity contribution in [3.63, 3.8) is 0 Å². The minimum Gasteiger partial charge on any atom is -0.466 e. The Hall–Kier alpha value is -0.650. The molecule has 0 radical (unpaired) electrons. The van der Waals surface area contributed by atoms with Gasteiger partial charge in [-0.1, -0.05) is 0 Å². The smallest absolute Gasteiger partial charge is 0.308 e. The first-order chi connectivity index (χ1) is 7.60. The summed E-state index contributed by atoms with van der Waals surface area (Å²) >= 11 is 0. The van der Waals surface area contributed by atoms with E-state index >= 15 is 0 Å². The lowest BCUT2D eigenvalue weighted by Gasteiger charge is -2.16. The lowest BCUT2D eigenvalue weighted by molar-refractivity contribution is -0.145. The summed E-state index contributed by atoms with van der Waals surface area (Å²) in [6.07, 6.45) is 0.226. The van der Waals surface area contributed by atoms with Crippen LogP contribution in [0.5, 0.6) is 0 Å². The van der Waals surface area contributed by atoms with E-state index in [-0.39, 0.29) is 18.4 Å². The molecule has 0 fully saturated rings. The molecule has 0 aliphatic rings. The SMILES string of the molecule is CCOC(=O)CC(O)CNC(C)CCOC. The van der Waals surface area contributed by atoms with Gasteiger partial charge in [-0.25, -0.2) is 0 Å². The highest BCUT2D eigenvalue weighted by Crippen LogP contribution is 1.96. The highest BCUT2D eigenvalue weighted by Gasteiger charge is 2.12. The molecule has 0 aromatic rings. The van der Waals surface area contributed by atoms with Gasteiger partial charge >= 0.3 is 5.97 Å². The number of nitrogens with one attached hydrogen (secondary N) is 1. The molecule has 0 aromatic carbocycles. The summed E-state index contributed by atoms with van der Waals surface area (Å²) in [6, 6.07) is 0.261. The van der Waals surface area contributed by atoms with Gasteiger partial charge in [0.1, 0.15) is 0 Å². The molecule has 0 aliphatic carbocycles. The molecule has 0 saturated heterocycles. The predicted octanol–water partition coefficient (Wildman–Crippen LogP) is 0.315. The van der Waals surface area contributed by atoms with E-state index in [2.05, 4.69) is 5.32 Å². The molecule has 5 nitrogen and oxygen atoms in total. The van der Waals surface area contributed by atoms with Crippen LogP contribution in [-0.2, 0) is 14.3 Å². The molecule has 96 valence electrons. The highest BCUT2D eigenvalue weighted by molar-refractivity contribution is 5.69. The molecule has 2 N–H and O–H groups in total. The number of esters is 1. The van der Waals surface area contributed by atoms with Gasteiger partial charge in [-0.05, 0) is 20.3 Å². The van der Waals surface area contributed by atoms with Gasteiger partial charge in [0.15, 0.2) is 0 Å². The van der Waals surface area contributed by atoms with E-state index in [4.69, 9.17) is 9.47 Å². The van der Waals surface area contributed by atoms with Gasteiger partial charge in [-0.3, -0.25) is 4.79 Å². The predicted molar refractivity (Wildman–Crippen MR) is 61.2 cm³/mol. The van der Waals surface area contributed by atoms with E-state index in [1.807, 2.05) is 6.92 Å². The first-order valence-electron chi connectivity index (χ1n) is 5.66. The second-order valence-corrected chi connectivity index (χ2v) is 3.75. The number of rotatable bonds is 9. The summed E-state index contributed by atoms with van der Waals surface area (Å²) in [6.45, 7) is 5.18. The van der Waals surface area contributed by atoms with Gasteiger partial charge in [-0.15, -0.1) is 0 Å². The Morgan fingerprint density at radius 2 is 2.19 bits per heavy atom. The molecule has 0 aromatic heterocycles. The van der Waals surface area contributed by atoms with Crippen molar-refractivity contribution >= 4 is 5.97 Å². The van der Waals surface area contributed by atoms with Crippen LogP contribution in [0.15, 0.2) is 0 Å². The Bertz CT molecular complexity index is 187. The van der Waals surface area contributed by atoms with Gasteiger partial charge in [-0.2, -0.15) is 0 Å². The number of carbonyl (C=O) groups excluding carboxylic acids is 1. The number of methoxy groups -OCH3 is 1. The second kappa shape index (κ2) is 9.57. The molecule has 16 heavy (non-hydrogen) atoms. The van der Waals surface area contributed by atoms with Gasteiger partial charge in [0.25, 0.3) is 0 Å². The second-order valence-electron chi connectivity index (χ2n) is 3.75. The molecule has 0 bridgehead atoms. The Labute approximate surface area is 97.1 Å². The molecule has 5 heteroatoms.